The van der Waals surface area contributed by atoms with E-state index < -0.39 is 39.0 Å². The van der Waals surface area contributed by atoms with Crippen LogP contribution in [0.1, 0.15) is 16.8 Å². The van der Waals surface area contributed by atoms with E-state index in [0.717, 1.165) is 12.1 Å². The van der Waals surface area contributed by atoms with Crippen LogP contribution >= 0.6 is 0 Å². The topological polar surface area (TPSA) is 89.3 Å². The summed E-state index contributed by atoms with van der Waals surface area (Å²) in [7, 11) is -3.18. The summed E-state index contributed by atoms with van der Waals surface area (Å²) in [6.07, 6.45) is 0.236. The summed E-state index contributed by atoms with van der Waals surface area (Å²) in [4.78, 5) is 11.8. The summed E-state index contributed by atoms with van der Waals surface area (Å²) in [5, 5.41) is 2.31. The second-order valence-corrected chi connectivity index (χ2v) is 6.63. The van der Waals surface area contributed by atoms with E-state index in [1.54, 1.807) is 0 Å². The number of halogens is 2. The zero-order valence-electron chi connectivity index (χ0n) is 9.82. The summed E-state index contributed by atoms with van der Waals surface area (Å²) >= 11 is 0. The molecule has 3 N–H and O–H groups in total. The molecule has 1 unspecified atom stereocenters. The van der Waals surface area contributed by atoms with Crippen LogP contribution in [0.15, 0.2) is 12.1 Å². The Balaban J connectivity index is 2.20. The van der Waals surface area contributed by atoms with E-state index >= 15 is 0 Å². The van der Waals surface area contributed by atoms with E-state index in [1.807, 2.05) is 0 Å². The first-order valence-corrected chi connectivity index (χ1v) is 7.37. The Morgan fingerprint density at radius 3 is 2.63 bits per heavy atom. The van der Waals surface area contributed by atoms with Crippen molar-refractivity contribution in [1.82, 2.24) is 5.32 Å². The van der Waals surface area contributed by atoms with Crippen LogP contribution in [-0.4, -0.2) is 31.9 Å². The fourth-order valence-corrected chi connectivity index (χ4v) is 3.62. The van der Waals surface area contributed by atoms with Gasteiger partial charge in [0, 0.05) is 6.04 Å². The van der Waals surface area contributed by atoms with Crippen LogP contribution in [0.3, 0.4) is 0 Å². The molecule has 2 rings (SSSR count). The third kappa shape index (κ3) is 2.83. The molecule has 0 spiro atoms. The molecule has 1 saturated heterocycles. The lowest BCUT2D eigenvalue weighted by atomic mass is 10.1. The lowest BCUT2D eigenvalue weighted by Crippen LogP contribution is -2.36. The van der Waals surface area contributed by atoms with Crippen LogP contribution < -0.4 is 11.1 Å². The molecular weight excluding hydrogens is 278 g/mol. The molecule has 1 heterocycles. The van der Waals surface area contributed by atoms with Gasteiger partial charge in [0.05, 0.1) is 17.2 Å². The number of anilines is 1. The van der Waals surface area contributed by atoms with Gasteiger partial charge in [-0.05, 0) is 18.6 Å². The zero-order chi connectivity index (χ0) is 14.2. The number of nitrogen functional groups attached to an aromatic ring is 1. The SMILES string of the molecule is Nc1ccc(F)c(C(=O)NC2CCS(=O)(=O)C2)c1F. The number of rotatable bonds is 2. The Morgan fingerprint density at radius 1 is 1.37 bits per heavy atom. The molecule has 1 aliphatic rings. The van der Waals surface area contributed by atoms with E-state index in [0.29, 0.717) is 0 Å². The first-order chi connectivity index (χ1) is 8.80. The predicted octanol–water partition coefficient (Wildman–Crippen LogP) is 0.464. The van der Waals surface area contributed by atoms with Crippen molar-refractivity contribution in [3.63, 3.8) is 0 Å². The second-order valence-electron chi connectivity index (χ2n) is 4.40. The number of carbonyl (C=O) groups excluding carboxylic acids is 1. The highest BCUT2D eigenvalue weighted by molar-refractivity contribution is 7.91. The first kappa shape index (κ1) is 13.7. The van der Waals surface area contributed by atoms with Crippen molar-refractivity contribution in [2.24, 2.45) is 0 Å². The molecule has 1 fully saturated rings. The molecule has 104 valence electrons. The molecule has 0 radical (unpaired) electrons. The third-order valence-corrected chi connectivity index (χ3v) is 4.68. The molecule has 0 aliphatic carbocycles. The highest BCUT2D eigenvalue weighted by Gasteiger charge is 2.30. The maximum Gasteiger partial charge on any atom is 0.257 e. The van der Waals surface area contributed by atoms with Crippen LogP contribution in [0.5, 0.6) is 0 Å². The second kappa shape index (κ2) is 4.76. The third-order valence-electron chi connectivity index (χ3n) is 2.92. The minimum atomic E-state index is -3.18. The van der Waals surface area contributed by atoms with Gasteiger partial charge in [-0.3, -0.25) is 4.79 Å². The average molecular weight is 290 g/mol. The van der Waals surface area contributed by atoms with Crippen LogP contribution in [0.25, 0.3) is 0 Å². The number of sulfone groups is 1. The Labute approximate surface area is 108 Å². The molecule has 5 nitrogen and oxygen atoms in total. The molecule has 19 heavy (non-hydrogen) atoms. The van der Waals surface area contributed by atoms with Gasteiger partial charge in [0.25, 0.3) is 5.91 Å². The quantitative estimate of drug-likeness (QED) is 0.775. The van der Waals surface area contributed by atoms with Crippen LogP contribution in [0.4, 0.5) is 14.5 Å². The zero-order valence-corrected chi connectivity index (χ0v) is 10.6. The molecule has 8 heteroatoms. The van der Waals surface area contributed by atoms with Crippen molar-refractivity contribution in [2.45, 2.75) is 12.5 Å². The largest absolute Gasteiger partial charge is 0.396 e. The van der Waals surface area contributed by atoms with Gasteiger partial charge in [0.2, 0.25) is 0 Å². The Morgan fingerprint density at radius 2 is 2.05 bits per heavy atom. The Hall–Kier alpha value is -1.70. The van der Waals surface area contributed by atoms with Crippen LogP contribution in [-0.2, 0) is 9.84 Å². The fourth-order valence-electron chi connectivity index (χ4n) is 1.94. The van der Waals surface area contributed by atoms with E-state index in [9.17, 15) is 22.0 Å². The van der Waals surface area contributed by atoms with Gasteiger partial charge < -0.3 is 11.1 Å². The normalized spacial score (nSPS) is 21.3. The summed E-state index contributed by atoms with van der Waals surface area (Å²) in [6, 6.07) is 1.28. The molecule has 1 aliphatic heterocycles. The van der Waals surface area contributed by atoms with E-state index in [2.05, 4.69) is 5.32 Å². The van der Waals surface area contributed by atoms with Crippen molar-refractivity contribution in [3.05, 3.63) is 29.3 Å². The van der Waals surface area contributed by atoms with Gasteiger partial charge in [-0.1, -0.05) is 0 Å². The van der Waals surface area contributed by atoms with Gasteiger partial charge in [-0.25, -0.2) is 17.2 Å². The highest BCUT2D eigenvalue weighted by atomic mass is 32.2. The molecular formula is C11H12F2N2O3S. The summed E-state index contributed by atoms with van der Waals surface area (Å²) in [6.45, 7) is 0. The van der Waals surface area contributed by atoms with Gasteiger partial charge >= 0.3 is 0 Å². The van der Waals surface area contributed by atoms with E-state index in [1.165, 1.54) is 0 Å². The maximum atomic E-state index is 13.6. The minimum Gasteiger partial charge on any atom is -0.396 e. The molecule has 1 amide bonds. The first-order valence-electron chi connectivity index (χ1n) is 5.55. The van der Waals surface area contributed by atoms with Crippen LogP contribution in [0, 0.1) is 11.6 Å². The number of benzene rings is 1. The highest BCUT2D eigenvalue weighted by Crippen LogP contribution is 2.19. The lowest BCUT2D eigenvalue weighted by molar-refractivity contribution is 0.0933. The maximum absolute atomic E-state index is 13.6. The molecule has 1 atom stereocenters. The monoisotopic (exact) mass is 290 g/mol. The van der Waals surface area contributed by atoms with Crippen molar-refractivity contribution in [3.8, 4) is 0 Å². The van der Waals surface area contributed by atoms with E-state index in [-0.39, 0.29) is 23.6 Å². The Bertz CT molecular complexity index is 631. The molecule has 0 saturated carbocycles. The minimum absolute atomic E-state index is 0.0418. The standard InChI is InChI=1S/C11H12F2N2O3S/c12-7-1-2-8(14)10(13)9(7)11(16)15-6-3-4-19(17,18)5-6/h1-2,6H,3-5,14H2,(H,15,16). The number of hydrogen-bond acceptors (Lipinski definition) is 4. The lowest BCUT2D eigenvalue weighted by Gasteiger charge is -2.12. The van der Waals surface area contributed by atoms with Crippen molar-refractivity contribution in [2.75, 3.05) is 17.2 Å². The van der Waals surface area contributed by atoms with Gasteiger partial charge in [0.1, 0.15) is 11.4 Å². The summed E-state index contributed by atoms with van der Waals surface area (Å²) in [5.41, 5.74) is 4.13. The van der Waals surface area contributed by atoms with Crippen LogP contribution in [0.2, 0.25) is 0 Å². The fraction of sp³-hybridized carbons (Fsp3) is 0.364. The molecule has 1 aromatic carbocycles. The smallest absolute Gasteiger partial charge is 0.257 e. The number of nitrogens with two attached hydrogens (primary N) is 1. The van der Waals surface area contributed by atoms with Crippen molar-refractivity contribution in [1.29, 1.82) is 0 Å². The summed E-state index contributed by atoms with van der Waals surface area (Å²) in [5.74, 6) is -3.43. The molecule has 0 aromatic heterocycles. The number of carbonyl (C=O) groups is 1. The number of amides is 1. The van der Waals surface area contributed by atoms with Crippen molar-refractivity contribution >= 4 is 21.4 Å². The predicted molar refractivity (Wildman–Crippen MR) is 65.3 cm³/mol. The van der Waals surface area contributed by atoms with Gasteiger partial charge in [0.15, 0.2) is 15.7 Å². The molecule has 0 bridgehead atoms. The number of hydrogen-bond donors (Lipinski definition) is 2. The van der Waals surface area contributed by atoms with Gasteiger partial charge in [-0.15, -0.1) is 0 Å². The summed E-state index contributed by atoms with van der Waals surface area (Å²) < 4.78 is 49.5. The van der Waals surface area contributed by atoms with Crippen molar-refractivity contribution < 1.29 is 22.0 Å². The number of nitrogens with one attached hydrogen (secondary N) is 1. The molecule has 1 aromatic rings. The van der Waals surface area contributed by atoms with E-state index in [4.69, 9.17) is 5.73 Å². The Kier molecular flexibility index (Phi) is 3.44. The van der Waals surface area contributed by atoms with Gasteiger partial charge in [-0.2, -0.15) is 0 Å². The average Bonchev–Trinajstić information content (AvgIpc) is 2.64.